The maximum absolute atomic E-state index is 12.8. The molecule has 0 bridgehead atoms. The zero-order valence-electron chi connectivity index (χ0n) is 15.1. The van der Waals surface area contributed by atoms with Gasteiger partial charge in [0.05, 0.1) is 11.1 Å². The highest BCUT2D eigenvalue weighted by Gasteiger charge is 2.30. The summed E-state index contributed by atoms with van der Waals surface area (Å²) in [6.07, 6.45) is 0.437. The van der Waals surface area contributed by atoms with E-state index in [2.05, 4.69) is 11.9 Å². The molecule has 3 N–H and O–H groups in total. The Balaban J connectivity index is 1.78. The van der Waals surface area contributed by atoms with Crippen molar-refractivity contribution in [3.8, 4) is 5.75 Å². The number of nitrogens with zero attached hydrogens (tertiary/aromatic N) is 1. The van der Waals surface area contributed by atoms with E-state index in [4.69, 9.17) is 33.7 Å². The second-order valence-electron chi connectivity index (χ2n) is 6.43. The Labute approximate surface area is 172 Å². The van der Waals surface area contributed by atoms with Crippen LogP contribution in [0.1, 0.15) is 22.0 Å². The maximum Gasteiger partial charge on any atom is 0.265 e. The van der Waals surface area contributed by atoms with E-state index in [1.807, 2.05) is 18.0 Å². The van der Waals surface area contributed by atoms with Gasteiger partial charge in [-0.05, 0) is 42.5 Å². The summed E-state index contributed by atoms with van der Waals surface area (Å²) in [6, 6.07) is 9.60. The van der Waals surface area contributed by atoms with Gasteiger partial charge in [0.15, 0.2) is 6.10 Å². The largest absolute Gasteiger partial charge is 0.475 e. The van der Waals surface area contributed by atoms with Crippen LogP contribution in [-0.2, 0) is 4.79 Å². The van der Waals surface area contributed by atoms with E-state index in [-0.39, 0.29) is 11.9 Å². The van der Waals surface area contributed by atoms with Gasteiger partial charge < -0.3 is 20.7 Å². The fraction of sp³-hybridized carbons (Fsp3) is 0.200. The highest BCUT2D eigenvalue weighted by molar-refractivity contribution is 6.35. The van der Waals surface area contributed by atoms with Crippen molar-refractivity contribution >= 4 is 40.7 Å². The normalized spacial score (nSPS) is 16.2. The smallest absolute Gasteiger partial charge is 0.265 e. The topological polar surface area (TPSA) is 84.7 Å². The van der Waals surface area contributed by atoms with Crippen LogP contribution in [0.3, 0.4) is 0 Å². The van der Waals surface area contributed by atoms with Gasteiger partial charge in [-0.1, -0.05) is 29.8 Å². The predicted molar refractivity (Wildman–Crippen MR) is 110 cm³/mol. The molecule has 0 saturated heterocycles. The van der Waals surface area contributed by atoms with Gasteiger partial charge in [-0.15, -0.1) is 0 Å². The average Bonchev–Trinajstić information content (AvgIpc) is 2.96. The summed E-state index contributed by atoms with van der Waals surface area (Å²) in [5.74, 6) is -0.574. The van der Waals surface area contributed by atoms with Crippen molar-refractivity contribution in [3.63, 3.8) is 0 Å². The van der Waals surface area contributed by atoms with E-state index in [1.165, 1.54) is 12.1 Å². The van der Waals surface area contributed by atoms with Crippen LogP contribution in [0.15, 0.2) is 49.1 Å². The number of carbonyl (C=O) groups is 2. The SMILES string of the molecule is C=CC(Oc1ccc(Cl)cc1Cl)C(=O)NC1CN(C)c2ccc(C(N)=O)cc21. The molecule has 3 rings (SSSR count). The van der Waals surface area contributed by atoms with Crippen molar-refractivity contribution in [2.24, 2.45) is 5.73 Å². The molecular weight excluding hydrogens is 401 g/mol. The number of nitrogens with two attached hydrogens (primary N) is 1. The first-order valence-electron chi connectivity index (χ1n) is 8.49. The van der Waals surface area contributed by atoms with Crippen molar-refractivity contribution in [1.29, 1.82) is 0 Å². The molecule has 0 aliphatic carbocycles. The number of nitrogens with one attached hydrogen (secondary N) is 1. The van der Waals surface area contributed by atoms with E-state index in [0.717, 1.165) is 11.3 Å². The number of likely N-dealkylation sites (N-methyl/N-ethyl adjacent to an activating group) is 1. The third kappa shape index (κ3) is 4.08. The molecule has 2 amide bonds. The lowest BCUT2D eigenvalue weighted by atomic mass is 10.0. The number of hydrogen-bond donors (Lipinski definition) is 2. The highest BCUT2D eigenvalue weighted by Crippen LogP contribution is 2.34. The van der Waals surface area contributed by atoms with Gasteiger partial charge in [0.25, 0.3) is 5.91 Å². The third-order valence-corrected chi connectivity index (χ3v) is 5.02. The van der Waals surface area contributed by atoms with Crippen molar-refractivity contribution in [3.05, 3.63) is 70.2 Å². The number of ether oxygens (including phenoxy) is 1. The fourth-order valence-corrected chi connectivity index (χ4v) is 3.55. The molecule has 0 saturated carbocycles. The summed E-state index contributed by atoms with van der Waals surface area (Å²) in [6.45, 7) is 4.22. The number of halogens is 2. The van der Waals surface area contributed by atoms with Crippen molar-refractivity contribution < 1.29 is 14.3 Å². The van der Waals surface area contributed by atoms with Crippen LogP contribution in [0.25, 0.3) is 0 Å². The number of primary amides is 1. The van der Waals surface area contributed by atoms with E-state index in [1.54, 1.807) is 24.3 Å². The quantitative estimate of drug-likeness (QED) is 0.703. The average molecular weight is 420 g/mol. The standard InChI is InChI=1S/C20H19Cl2N3O3/c1-3-17(28-18-7-5-12(21)9-14(18)22)20(27)24-15-10-25(2)16-6-4-11(19(23)26)8-13(15)16/h3-9,15,17H,1,10H2,2H3,(H2,23,26)(H,24,27). The number of amides is 2. The van der Waals surface area contributed by atoms with Crippen LogP contribution in [0.4, 0.5) is 5.69 Å². The van der Waals surface area contributed by atoms with E-state index < -0.39 is 12.0 Å². The van der Waals surface area contributed by atoms with Crippen molar-refractivity contribution in [1.82, 2.24) is 5.32 Å². The molecule has 1 heterocycles. The highest BCUT2D eigenvalue weighted by atomic mass is 35.5. The molecule has 6 nitrogen and oxygen atoms in total. The predicted octanol–water partition coefficient (Wildman–Crippen LogP) is 3.33. The van der Waals surface area contributed by atoms with Gasteiger partial charge in [-0.2, -0.15) is 0 Å². The van der Waals surface area contributed by atoms with Gasteiger partial charge in [0.2, 0.25) is 5.91 Å². The fourth-order valence-electron chi connectivity index (χ4n) is 3.10. The number of rotatable bonds is 6. The molecule has 2 aromatic carbocycles. The summed E-state index contributed by atoms with van der Waals surface area (Å²) in [7, 11) is 1.91. The van der Waals surface area contributed by atoms with Gasteiger partial charge in [-0.3, -0.25) is 9.59 Å². The molecular formula is C20H19Cl2N3O3. The summed E-state index contributed by atoms with van der Waals surface area (Å²) in [4.78, 5) is 26.2. The van der Waals surface area contributed by atoms with E-state index in [9.17, 15) is 9.59 Å². The number of fused-ring (bicyclic) bond motifs is 1. The van der Waals surface area contributed by atoms with Gasteiger partial charge >= 0.3 is 0 Å². The van der Waals surface area contributed by atoms with E-state index in [0.29, 0.717) is 27.9 Å². The Morgan fingerprint density at radius 1 is 1.32 bits per heavy atom. The molecule has 1 aliphatic heterocycles. The van der Waals surface area contributed by atoms with Gasteiger partial charge in [0, 0.05) is 35.4 Å². The molecule has 146 valence electrons. The number of hydrogen-bond acceptors (Lipinski definition) is 4. The first-order chi connectivity index (χ1) is 13.3. The molecule has 1 aliphatic rings. The molecule has 0 radical (unpaired) electrons. The molecule has 8 heteroatoms. The van der Waals surface area contributed by atoms with Crippen LogP contribution in [-0.4, -0.2) is 31.5 Å². The Kier molecular flexibility index (Phi) is 5.82. The Hall–Kier alpha value is -2.70. The maximum atomic E-state index is 12.8. The van der Waals surface area contributed by atoms with E-state index >= 15 is 0 Å². The molecule has 0 fully saturated rings. The Morgan fingerprint density at radius 2 is 2.07 bits per heavy atom. The van der Waals surface area contributed by atoms with Crippen molar-refractivity contribution in [2.45, 2.75) is 12.1 Å². The second kappa shape index (κ2) is 8.12. The minimum Gasteiger partial charge on any atom is -0.475 e. The third-order valence-electron chi connectivity index (χ3n) is 4.49. The zero-order chi connectivity index (χ0) is 20.4. The monoisotopic (exact) mass is 419 g/mol. The van der Waals surface area contributed by atoms with Crippen LogP contribution in [0.5, 0.6) is 5.75 Å². The van der Waals surface area contributed by atoms with Gasteiger partial charge in [-0.25, -0.2) is 0 Å². The molecule has 28 heavy (non-hydrogen) atoms. The molecule has 2 atom stereocenters. The molecule has 0 aromatic heterocycles. The lowest BCUT2D eigenvalue weighted by molar-refractivity contribution is -0.126. The van der Waals surface area contributed by atoms with Crippen LogP contribution < -0.4 is 20.7 Å². The van der Waals surface area contributed by atoms with Crippen LogP contribution in [0.2, 0.25) is 10.0 Å². The molecule has 0 spiro atoms. The van der Waals surface area contributed by atoms with Crippen molar-refractivity contribution in [2.75, 3.05) is 18.5 Å². The minimum atomic E-state index is -0.952. The number of carbonyl (C=O) groups excluding carboxylic acids is 2. The number of benzene rings is 2. The first-order valence-corrected chi connectivity index (χ1v) is 9.25. The first kappa shape index (κ1) is 20.0. The minimum absolute atomic E-state index is 0.296. The zero-order valence-corrected chi connectivity index (χ0v) is 16.6. The van der Waals surface area contributed by atoms with Gasteiger partial charge in [0.1, 0.15) is 5.75 Å². The second-order valence-corrected chi connectivity index (χ2v) is 7.27. The summed E-state index contributed by atoms with van der Waals surface area (Å²) in [5.41, 5.74) is 7.50. The Morgan fingerprint density at radius 3 is 2.71 bits per heavy atom. The van der Waals surface area contributed by atoms with Crippen LogP contribution >= 0.6 is 23.2 Å². The molecule has 2 aromatic rings. The Bertz CT molecular complexity index is 948. The lowest BCUT2D eigenvalue weighted by Crippen LogP contribution is -2.40. The van der Waals surface area contributed by atoms with Crippen LogP contribution in [0, 0.1) is 0 Å². The summed E-state index contributed by atoms with van der Waals surface area (Å²) < 4.78 is 5.69. The lowest BCUT2D eigenvalue weighted by Gasteiger charge is -2.20. The number of anilines is 1. The summed E-state index contributed by atoms with van der Waals surface area (Å²) in [5, 5.41) is 3.70. The molecule has 2 unspecified atom stereocenters. The summed E-state index contributed by atoms with van der Waals surface area (Å²) >= 11 is 12.0.